The molecule has 1 heterocycles. The van der Waals surface area contributed by atoms with Crippen LogP contribution in [0.4, 0.5) is 0 Å². The number of aromatic nitrogens is 2. The first-order valence-electron chi connectivity index (χ1n) is 5.67. The van der Waals surface area contributed by atoms with Crippen LogP contribution in [0.2, 0.25) is 0 Å². The topological polar surface area (TPSA) is 83.8 Å². The highest BCUT2D eigenvalue weighted by Crippen LogP contribution is 2.02. The van der Waals surface area contributed by atoms with Gasteiger partial charge >= 0.3 is 0 Å². The summed E-state index contributed by atoms with van der Waals surface area (Å²) in [5.41, 5.74) is 7.72. The Hall–Kier alpha value is -1.36. The third kappa shape index (κ3) is 3.66. The lowest BCUT2D eigenvalue weighted by atomic mass is 10.1. The Morgan fingerprint density at radius 2 is 2.44 bits per heavy atom. The highest BCUT2D eigenvalue weighted by molar-refractivity contribution is 5.81. The number of nitrogens with zero attached hydrogens (tertiary/aromatic N) is 1. The van der Waals surface area contributed by atoms with Gasteiger partial charge in [0.2, 0.25) is 5.91 Å². The average Bonchev–Trinajstić information content (AvgIpc) is 2.68. The van der Waals surface area contributed by atoms with E-state index in [1.165, 1.54) is 0 Å². The second-order valence-corrected chi connectivity index (χ2v) is 3.99. The number of nitrogens with one attached hydrogen (secondary N) is 2. The molecule has 0 aliphatic rings. The maximum Gasteiger partial charge on any atom is 0.237 e. The van der Waals surface area contributed by atoms with Gasteiger partial charge in [0, 0.05) is 17.8 Å². The molecule has 5 nitrogen and oxygen atoms in total. The van der Waals surface area contributed by atoms with Gasteiger partial charge in [-0.15, -0.1) is 0 Å². The van der Waals surface area contributed by atoms with Gasteiger partial charge in [-0.2, -0.15) is 5.10 Å². The molecule has 0 saturated heterocycles. The van der Waals surface area contributed by atoms with Crippen LogP contribution in [0.1, 0.15) is 37.4 Å². The number of amides is 1. The minimum absolute atomic E-state index is 0.0888. The van der Waals surface area contributed by atoms with Crippen LogP contribution >= 0.6 is 0 Å². The van der Waals surface area contributed by atoms with Crippen LogP contribution in [0.15, 0.2) is 6.20 Å². The smallest absolute Gasteiger partial charge is 0.237 e. The van der Waals surface area contributed by atoms with Crippen molar-refractivity contribution >= 4 is 5.91 Å². The number of hydrogen-bond donors (Lipinski definition) is 3. The average molecular weight is 224 g/mol. The Morgan fingerprint density at radius 1 is 1.69 bits per heavy atom. The van der Waals surface area contributed by atoms with Crippen molar-refractivity contribution in [1.29, 1.82) is 0 Å². The van der Waals surface area contributed by atoms with Crippen LogP contribution in [0.25, 0.3) is 0 Å². The normalized spacial score (nSPS) is 12.4. The maximum absolute atomic E-state index is 11.6. The van der Waals surface area contributed by atoms with Gasteiger partial charge in [-0.25, -0.2) is 0 Å². The van der Waals surface area contributed by atoms with Gasteiger partial charge in [-0.1, -0.05) is 19.8 Å². The van der Waals surface area contributed by atoms with Crippen molar-refractivity contribution in [3.8, 4) is 0 Å². The summed E-state index contributed by atoms with van der Waals surface area (Å²) in [5.74, 6) is -0.0888. The zero-order valence-electron chi connectivity index (χ0n) is 9.92. The zero-order chi connectivity index (χ0) is 12.0. The molecule has 1 aromatic rings. The van der Waals surface area contributed by atoms with Crippen molar-refractivity contribution in [1.82, 2.24) is 15.5 Å². The lowest BCUT2D eigenvalue weighted by molar-refractivity contribution is -0.122. The number of carbonyl (C=O) groups excluding carboxylic acids is 1. The largest absolute Gasteiger partial charge is 0.351 e. The van der Waals surface area contributed by atoms with E-state index in [1.807, 2.05) is 6.92 Å². The fourth-order valence-electron chi connectivity index (χ4n) is 1.42. The molecule has 0 aliphatic heterocycles. The SMILES string of the molecule is CCCC[C@H](N)C(=O)NCc1cn[nH]c1C. The minimum atomic E-state index is -0.396. The van der Waals surface area contributed by atoms with E-state index in [0.717, 1.165) is 30.5 Å². The third-order valence-electron chi connectivity index (χ3n) is 2.59. The molecule has 16 heavy (non-hydrogen) atoms. The van der Waals surface area contributed by atoms with Crippen LogP contribution in [-0.2, 0) is 11.3 Å². The molecule has 1 rings (SSSR count). The lowest BCUT2D eigenvalue weighted by Crippen LogP contribution is -2.40. The molecule has 0 bridgehead atoms. The molecule has 90 valence electrons. The van der Waals surface area contributed by atoms with Gasteiger partial charge in [-0.05, 0) is 13.3 Å². The van der Waals surface area contributed by atoms with Gasteiger partial charge in [0.15, 0.2) is 0 Å². The predicted molar refractivity (Wildman–Crippen MR) is 62.7 cm³/mol. The van der Waals surface area contributed by atoms with Crippen LogP contribution in [-0.4, -0.2) is 22.1 Å². The van der Waals surface area contributed by atoms with E-state index in [4.69, 9.17) is 5.73 Å². The summed E-state index contributed by atoms with van der Waals surface area (Å²) < 4.78 is 0. The van der Waals surface area contributed by atoms with E-state index in [9.17, 15) is 4.79 Å². The Balaban J connectivity index is 2.32. The number of hydrogen-bond acceptors (Lipinski definition) is 3. The Bertz CT molecular complexity index is 334. The molecule has 0 radical (unpaired) electrons. The molecule has 0 aliphatic carbocycles. The van der Waals surface area contributed by atoms with Crippen molar-refractivity contribution < 1.29 is 4.79 Å². The van der Waals surface area contributed by atoms with E-state index in [0.29, 0.717) is 6.54 Å². The van der Waals surface area contributed by atoms with Crippen LogP contribution in [0.3, 0.4) is 0 Å². The fourth-order valence-corrected chi connectivity index (χ4v) is 1.42. The summed E-state index contributed by atoms with van der Waals surface area (Å²) >= 11 is 0. The molecule has 1 aromatic heterocycles. The highest BCUT2D eigenvalue weighted by Gasteiger charge is 2.12. The van der Waals surface area contributed by atoms with Crippen molar-refractivity contribution in [3.05, 3.63) is 17.5 Å². The van der Waals surface area contributed by atoms with E-state index < -0.39 is 6.04 Å². The lowest BCUT2D eigenvalue weighted by Gasteiger charge is -2.11. The van der Waals surface area contributed by atoms with Crippen molar-refractivity contribution in [3.63, 3.8) is 0 Å². The van der Waals surface area contributed by atoms with Crippen LogP contribution < -0.4 is 11.1 Å². The van der Waals surface area contributed by atoms with E-state index >= 15 is 0 Å². The number of carbonyl (C=O) groups is 1. The number of aromatic amines is 1. The van der Waals surface area contributed by atoms with Crippen molar-refractivity contribution in [2.75, 3.05) is 0 Å². The fraction of sp³-hybridized carbons (Fsp3) is 0.636. The number of unbranched alkanes of at least 4 members (excludes halogenated alkanes) is 1. The maximum atomic E-state index is 11.6. The first-order valence-corrected chi connectivity index (χ1v) is 5.67. The number of aryl methyl sites for hydroxylation is 1. The molecule has 1 atom stereocenters. The quantitative estimate of drug-likeness (QED) is 0.670. The first kappa shape index (κ1) is 12.7. The Kier molecular flexibility index (Phi) is 4.98. The predicted octanol–water partition coefficient (Wildman–Crippen LogP) is 0.852. The molecule has 0 fully saturated rings. The van der Waals surface area contributed by atoms with Gasteiger partial charge in [-0.3, -0.25) is 9.89 Å². The summed E-state index contributed by atoms with van der Waals surface area (Å²) in [6.45, 7) is 4.49. The summed E-state index contributed by atoms with van der Waals surface area (Å²) in [6, 6.07) is -0.396. The van der Waals surface area contributed by atoms with E-state index in [-0.39, 0.29) is 5.91 Å². The number of nitrogens with two attached hydrogens (primary N) is 1. The molecular formula is C11H20N4O. The highest BCUT2D eigenvalue weighted by atomic mass is 16.2. The molecule has 1 amide bonds. The Morgan fingerprint density at radius 3 is 3.00 bits per heavy atom. The summed E-state index contributed by atoms with van der Waals surface area (Å²) in [6.07, 6.45) is 4.50. The standard InChI is InChI=1S/C11H20N4O/c1-3-4-5-10(12)11(16)13-6-9-7-14-15-8(9)2/h7,10H,3-6,12H2,1-2H3,(H,13,16)(H,14,15)/t10-/m0/s1. The van der Waals surface area contributed by atoms with Crippen LogP contribution in [0, 0.1) is 6.92 Å². The molecule has 0 aromatic carbocycles. The first-order chi connectivity index (χ1) is 7.65. The molecule has 4 N–H and O–H groups in total. The molecule has 0 saturated carbocycles. The molecule has 5 heteroatoms. The summed E-state index contributed by atoms with van der Waals surface area (Å²) in [7, 11) is 0. The van der Waals surface area contributed by atoms with Gasteiger partial charge in [0.25, 0.3) is 0 Å². The number of H-pyrrole nitrogens is 1. The molecule has 0 spiro atoms. The molecular weight excluding hydrogens is 204 g/mol. The Labute approximate surface area is 95.8 Å². The zero-order valence-corrected chi connectivity index (χ0v) is 9.92. The van der Waals surface area contributed by atoms with E-state index in [1.54, 1.807) is 6.20 Å². The van der Waals surface area contributed by atoms with Gasteiger partial charge < -0.3 is 11.1 Å². The van der Waals surface area contributed by atoms with Crippen molar-refractivity contribution in [2.24, 2.45) is 5.73 Å². The summed E-state index contributed by atoms with van der Waals surface area (Å²) in [4.78, 5) is 11.6. The monoisotopic (exact) mass is 224 g/mol. The number of rotatable bonds is 6. The summed E-state index contributed by atoms with van der Waals surface area (Å²) in [5, 5.41) is 9.52. The molecule has 0 unspecified atom stereocenters. The van der Waals surface area contributed by atoms with E-state index in [2.05, 4.69) is 22.4 Å². The second kappa shape index (κ2) is 6.27. The second-order valence-electron chi connectivity index (χ2n) is 3.99. The van der Waals surface area contributed by atoms with Gasteiger partial charge in [0.1, 0.15) is 0 Å². The van der Waals surface area contributed by atoms with Crippen molar-refractivity contribution in [2.45, 2.75) is 45.7 Å². The minimum Gasteiger partial charge on any atom is -0.351 e. The van der Waals surface area contributed by atoms with Gasteiger partial charge in [0.05, 0.1) is 12.2 Å². The van der Waals surface area contributed by atoms with Crippen LogP contribution in [0.5, 0.6) is 0 Å². The third-order valence-corrected chi connectivity index (χ3v) is 2.59.